The Kier molecular flexibility index (Phi) is 7.43. The highest BCUT2D eigenvalue weighted by Crippen LogP contribution is 2.24. The average molecular weight is 310 g/mol. The van der Waals surface area contributed by atoms with Crippen LogP contribution < -0.4 is 11.1 Å². The summed E-state index contributed by atoms with van der Waals surface area (Å²) in [6, 6.07) is 8.06. The van der Waals surface area contributed by atoms with Crippen molar-refractivity contribution in [2.24, 2.45) is 5.73 Å². The first-order valence-electron chi connectivity index (χ1n) is 7.18. The molecule has 3 N–H and O–H groups in total. The van der Waals surface area contributed by atoms with E-state index in [0.29, 0.717) is 0 Å². The molecule has 0 saturated heterocycles. The van der Waals surface area contributed by atoms with Crippen LogP contribution in [0, 0.1) is 0 Å². The molecule has 116 valence electrons. The number of carbonyl (C=O) groups excluding carboxylic acids is 1. The lowest BCUT2D eigenvalue weighted by atomic mass is 9.99. The third-order valence-electron chi connectivity index (χ3n) is 3.53. The molecule has 1 aromatic rings. The lowest BCUT2D eigenvalue weighted by molar-refractivity contribution is -0.114. The highest BCUT2D eigenvalue weighted by atomic mass is 35.5. The van der Waals surface area contributed by atoms with E-state index in [-0.39, 0.29) is 18.3 Å². The zero-order valence-corrected chi connectivity index (χ0v) is 13.3. The molecule has 2 rings (SSSR count). The van der Waals surface area contributed by atoms with E-state index in [1.807, 2.05) is 18.2 Å². The smallest absolute Gasteiger partial charge is 0.221 e. The van der Waals surface area contributed by atoms with Crippen LogP contribution in [-0.4, -0.2) is 37.0 Å². The summed E-state index contributed by atoms with van der Waals surface area (Å²) in [7, 11) is 0. The number of rotatable bonds is 5. The third-order valence-corrected chi connectivity index (χ3v) is 3.53. The van der Waals surface area contributed by atoms with Crippen LogP contribution in [0.2, 0.25) is 0 Å². The number of anilines is 1. The second-order valence-corrected chi connectivity index (χ2v) is 5.18. The quantitative estimate of drug-likeness (QED) is 0.878. The van der Waals surface area contributed by atoms with Crippen LogP contribution in [0.5, 0.6) is 0 Å². The first kappa shape index (κ1) is 17.7. The van der Waals surface area contributed by atoms with Gasteiger partial charge in [-0.3, -0.25) is 9.69 Å². The van der Waals surface area contributed by atoms with Gasteiger partial charge in [0.05, 0.1) is 0 Å². The molecule has 0 unspecified atom stereocenters. The van der Waals surface area contributed by atoms with E-state index in [0.717, 1.165) is 44.7 Å². The molecule has 5 heteroatoms. The SMILES string of the molecule is CC(=O)Nc1cccc(C2=CCN(CCCN)CC2)c1.Cl. The van der Waals surface area contributed by atoms with Crippen molar-refractivity contribution < 1.29 is 4.79 Å². The molecule has 0 aromatic heterocycles. The lowest BCUT2D eigenvalue weighted by Crippen LogP contribution is -2.30. The maximum Gasteiger partial charge on any atom is 0.221 e. The first-order chi connectivity index (χ1) is 9.69. The van der Waals surface area contributed by atoms with E-state index in [4.69, 9.17) is 5.73 Å². The number of carbonyl (C=O) groups is 1. The summed E-state index contributed by atoms with van der Waals surface area (Å²) in [6.45, 7) is 5.43. The first-order valence-corrected chi connectivity index (χ1v) is 7.18. The van der Waals surface area contributed by atoms with Crippen molar-refractivity contribution in [3.05, 3.63) is 35.9 Å². The van der Waals surface area contributed by atoms with Gasteiger partial charge < -0.3 is 11.1 Å². The largest absolute Gasteiger partial charge is 0.330 e. The number of hydrogen-bond donors (Lipinski definition) is 2. The monoisotopic (exact) mass is 309 g/mol. The fourth-order valence-corrected chi connectivity index (χ4v) is 2.49. The Morgan fingerprint density at radius 1 is 1.43 bits per heavy atom. The van der Waals surface area contributed by atoms with Crippen LogP contribution in [0.15, 0.2) is 30.3 Å². The van der Waals surface area contributed by atoms with Gasteiger partial charge in [0.15, 0.2) is 0 Å². The van der Waals surface area contributed by atoms with Crippen molar-refractivity contribution >= 4 is 29.6 Å². The highest BCUT2D eigenvalue weighted by Gasteiger charge is 2.12. The van der Waals surface area contributed by atoms with Gasteiger partial charge in [-0.25, -0.2) is 0 Å². The van der Waals surface area contributed by atoms with Crippen LogP contribution >= 0.6 is 12.4 Å². The molecule has 0 atom stereocenters. The second-order valence-electron chi connectivity index (χ2n) is 5.18. The van der Waals surface area contributed by atoms with E-state index in [1.165, 1.54) is 18.1 Å². The predicted octanol–water partition coefficient (Wildman–Crippen LogP) is 2.50. The molecule has 1 aliphatic rings. The van der Waals surface area contributed by atoms with E-state index >= 15 is 0 Å². The summed E-state index contributed by atoms with van der Waals surface area (Å²) in [5, 5.41) is 2.83. The van der Waals surface area contributed by atoms with Crippen LogP contribution in [0.25, 0.3) is 5.57 Å². The molecule has 0 aliphatic carbocycles. The van der Waals surface area contributed by atoms with Crippen molar-refractivity contribution in [3.8, 4) is 0 Å². The minimum atomic E-state index is -0.0345. The second kappa shape index (κ2) is 8.82. The maximum atomic E-state index is 11.1. The van der Waals surface area contributed by atoms with Gasteiger partial charge in [-0.05, 0) is 49.2 Å². The van der Waals surface area contributed by atoms with Crippen molar-refractivity contribution in [2.45, 2.75) is 19.8 Å². The lowest BCUT2D eigenvalue weighted by Gasteiger charge is -2.26. The number of nitrogens with one attached hydrogen (secondary N) is 1. The number of benzene rings is 1. The van der Waals surface area contributed by atoms with Gasteiger partial charge in [0.2, 0.25) is 5.91 Å². The normalized spacial score (nSPS) is 15.0. The Balaban J connectivity index is 0.00000220. The molecule has 21 heavy (non-hydrogen) atoms. The van der Waals surface area contributed by atoms with Crippen LogP contribution in [-0.2, 0) is 4.79 Å². The Morgan fingerprint density at radius 3 is 2.86 bits per heavy atom. The van der Waals surface area contributed by atoms with Crippen LogP contribution in [0.3, 0.4) is 0 Å². The standard InChI is InChI=1S/C16H23N3O.ClH/c1-13(20)18-16-5-2-4-15(12-16)14-6-10-19(11-7-14)9-3-8-17;/h2,4-6,12H,3,7-11,17H2,1H3,(H,18,20);1H. The fourth-order valence-electron chi connectivity index (χ4n) is 2.49. The predicted molar refractivity (Wildman–Crippen MR) is 90.7 cm³/mol. The average Bonchev–Trinajstić information content (AvgIpc) is 2.45. The molecule has 0 radical (unpaired) electrons. The van der Waals surface area contributed by atoms with E-state index in [1.54, 1.807) is 0 Å². The van der Waals surface area contributed by atoms with Crippen LogP contribution in [0.4, 0.5) is 5.69 Å². The Hall–Kier alpha value is -1.36. The van der Waals surface area contributed by atoms with E-state index < -0.39 is 0 Å². The van der Waals surface area contributed by atoms with Gasteiger partial charge in [-0.2, -0.15) is 0 Å². The molecular formula is C16H24ClN3O. The topological polar surface area (TPSA) is 58.4 Å². The van der Waals surface area contributed by atoms with Crippen molar-refractivity contribution in [1.29, 1.82) is 0 Å². The van der Waals surface area contributed by atoms with Gasteiger partial charge >= 0.3 is 0 Å². The molecule has 1 aromatic carbocycles. The summed E-state index contributed by atoms with van der Waals surface area (Å²) >= 11 is 0. The van der Waals surface area contributed by atoms with Crippen molar-refractivity contribution in [3.63, 3.8) is 0 Å². The fraction of sp³-hybridized carbons (Fsp3) is 0.438. The van der Waals surface area contributed by atoms with Crippen molar-refractivity contribution in [1.82, 2.24) is 4.90 Å². The van der Waals surface area contributed by atoms with Gasteiger partial charge in [0.1, 0.15) is 0 Å². The summed E-state index contributed by atoms with van der Waals surface area (Å²) in [5.41, 5.74) is 8.97. The highest BCUT2D eigenvalue weighted by molar-refractivity contribution is 5.89. The van der Waals surface area contributed by atoms with Crippen LogP contribution in [0.1, 0.15) is 25.3 Å². The number of nitrogens with two attached hydrogens (primary N) is 1. The molecule has 0 spiro atoms. The minimum Gasteiger partial charge on any atom is -0.330 e. The zero-order chi connectivity index (χ0) is 14.4. The summed E-state index contributed by atoms with van der Waals surface area (Å²) in [6.07, 6.45) is 4.39. The molecule has 1 amide bonds. The Labute approximate surface area is 132 Å². The number of amides is 1. The zero-order valence-electron chi connectivity index (χ0n) is 12.5. The Morgan fingerprint density at radius 2 is 2.24 bits per heavy atom. The summed E-state index contributed by atoms with van der Waals surface area (Å²) in [4.78, 5) is 13.5. The number of hydrogen-bond acceptors (Lipinski definition) is 3. The third kappa shape index (κ3) is 5.50. The van der Waals surface area contributed by atoms with Gasteiger partial charge in [0, 0.05) is 25.7 Å². The minimum absolute atomic E-state index is 0. The van der Waals surface area contributed by atoms with E-state index in [2.05, 4.69) is 22.4 Å². The molecule has 0 fully saturated rings. The Bertz CT molecular complexity index is 502. The van der Waals surface area contributed by atoms with Gasteiger partial charge in [0.25, 0.3) is 0 Å². The van der Waals surface area contributed by atoms with Gasteiger partial charge in [-0.1, -0.05) is 18.2 Å². The molecule has 0 saturated carbocycles. The summed E-state index contributed by atoms with van der Waals surface area (Å²) < 4.78 is 0. The van der Waals surface area contributed by atoms with Gasteiger partial charge in [-0.15, -0.1) is 12.4 Å². The van der Waals surface area contributed by atoms with E-state index in [9.17, 15) is 4.79 Å². The maximum absolute atomic E-state index is 11.1. The molecule has 4 nitrogen and oxygen atoms in total. The molecule has 0 bridgehead atoms. The van der Waals surface area contributed by atoms with Crippen molar-refractivity contribution in [2.75, 3.05) is 31.5 Å². The molecule has 1 aliphatic heterocycles. The molecule has 1 heterocycles. The summed E-state index contributed by atoms with van der Waals surface area (Å²) in [5.74, 6) is -0.0345. The number of halogens is 1. The molecular weight excluding hydrogens is 286 g/mol. The number of nitrogens with zero attached hydrogens (tertiary/aromatic N) is 1.